The van der Waals surface area contributed by atoms with Crippen molar-refractivity contribution in [2.75, 3.05) is 6.54 Å². The van der Waals surface area contributed by atoms with Crippen molar-refractivity contribution in [2.24, 2.45) is 0 Å². The molecule has 88 valence electrons. The van der Waals surface area contributed by atoms with Crippen LogP contribution >= 0.6 is 11.3 Å². The van der Waals surface area contributed by atoms with Gasteiger partial charge in [-0.05, 0) is 32.0 Å². The summed E-state index contributed by atoms with van der Waals surface area (Å²) in [5.74, 6) is -0.769. The molecule has 0 aromatic carbocycles. The van der Waals surface area contributed by atoms with Gasteiger partial charge in [0.15, 0.2) is 0 Å². The maximum atomic E-state index is 10.5. The molecule has 0 unspecified atom stereocenters. The van der Waals surface area contributed by atoms with Crippen LogP contribution in [0.2, 0.25) is 0 Å². The van der Waals surface area contributed by atoms with E-state index in [1.165, 1.54) is 4.88 Å². The average molecular weight is 239 g/mol. The van der Waals surface area contributed by atoms with Crippen molar-refractivity contribution in [1.29, 1.82) is 0 Å². The highest BCUT2D eigenvalue weighted by Crippen LogP contribution is 2.16. The number of nitrogens with one attached hydrogen (secondary N) is 1. The number of rotatable bonds is 7. The molecule has 0 aliphatic rings. The number of carboxylic acids is 1. The predicted octanol–water partition coefficient (Wildman–Crippen LogP) is 2.43. The number of carboxylic acid groups (broad SMARTS) is 1. The van der Waals surface area contributed by atoms with Crippen LogP contribution in [0.15, 0.2) is 24.3 Å². The fourth-order valence-electron chi connectivity index (χ4n) is 1.33. The highest BCUT2D eigenvalue weighted by molar-refractivity contribution is 7.12. The molecule has 2 N–H and O–H groups in total. The fraction of sp³-hybridized carbons (Fsp3) is 0.417. The highest BCUT2D eigenvalue weighted by Gasteiger charge is 2.03. The van der Waals surface area contributed by atoms with Gasteiger partial charge in [-0.2, -0.15) is 0 Å². The van der Waals surface area contributed by atoms with Gasteiger partial charge >= 0.3 is 5.97 Å². The minimum atomic E-state index is -0.769. The average Bonchev–Trinajstić information content (AvgIpc) is 2.64. The normalized spacial score (nSPS) is 11.1. The lowest BCUT2D eigenvalue weighted by molar-refractivity contribution is -0.136. The van der Waals surface area contributed by atoms with Crippen molar-refractivity contribution >= 4 is 17.3 Å². The van der Waals surface area contributed by atoms with E-state index in [1.807, 2.05) is 25.1 Å². The van der Waals surface area contributed by atoms with Crippen LogP contribution in [0, 0.1) is 0 Å². The Morgan fingerprint density at radius 3 is 2.94 bits per heavy atom. The predicted molar refractivity (Wildman–Crippen MR) is 66.8 cm³/mol. The lowest BCUT2D eigenvalue weighted by atomic mass is 10.3. The number of carbonyl (C=O) groups is 1. The first kappa shape index (κ1) is 12.9. The molecule has 0 spiro atoms. The Balaban J connectivity index is 2.26. The van der Waals surface area contributed by atoms with Gasteiger partial charge in [0.1, 0.15) is 0 Å². The molecule has 1 aromatic rings. The van der Waals surface area contributed by atoms with E-state index in [4.69, 9.17) is 5.11 Å². The van der Waals surface area contributed by atoms with E-state index in [-0.39, 0.29) is 6.42 Å². The first-order valence-corrected chi connectivity index (χ1v) is 6.15. The number of thiophene rings is 1. The second kappa shape index (κ2) is 7.19. The Morgan fingerprint density at radius 1 is 1.50 bits per heavy atom. The third-order valence-corrected chi connectivity index (χ3v) is 3.15. The van der Waals surface area contributed by atoms with Crippen LogP contribution in [0.5, 0.6) is 0 Å². The zero-order valence-corrected chi connectivity index (χ0v) is 10.2. The van der Waals surface area contributed by atoms with E-state index in [0.717, 1.165) is 24.4 Å². The molecule has 1 heterocycles. The topological polar surface area (TPSA) is 49.3 Å². The molecule has 0 radical (unpaired) electrons. The molecule has 0 bridgehead atoms. The Labute approximate surface area is 99.8 Å². The van der Waals surface area contributed by atoms with Crippen LogP contribution in [0.3, 0.4) is 0 Å². The Kier molecular flexibility index (Phi) is 5.82. The van der Waals surface area contributed by atoms with Crippen LogP contribution in [-0.4, -0.2) is 17.6 Å². The first-order chi connectivity index (χ1) is 7.72. The van der Waals surface area contributed by atoms with Crippen molar-refractivity contribution < 1.29 is 9.90 Å². The third-order valence-electron chi connectivity index (χ3n) is 2.07. The molecular formula is C12H17NO2S. The smallest absolute Gasteiger partial charge is 0.308 e. The van der Waals surface area contributed by atoms with Crippen molar-refractivity contribution in [3.63, 3.8) is 0 Å². The number of allylic oxidation sites excluding steroid dienone is 1. The minimum absolute atomic E-state index is 0.128. The molecule has 0 fully saturated rings. The van der Waals surface area contributed by atoms with E-state index >= 15 is 0 Å². The van der Waals surface area contributed by atoms with E-state index < -0.39 is 5.97 Å². The van der Waals surface area contributed by atoms with Crippen LogP contribution in [-0.2, 0) is 17.8 Å². The molecule has 1 aromatic heterocycles. The van der Waals surface area contributed by atoms with Crippen LogP contribution in [0.4, 0.5) is 0 Å². The van der Waals surface area contributed by atoms with Gasteiger partial charge in [-0.1, -0.05) is 12.2 Å². The second-order valence-corrected chi connectivity index (χ2v) is 4.73. The number of aliphatic carboxylic acids is 1. The van der Waals surface area contributed by atoms with Gasteiger partial charge in [-0.25, -0.2) is 0 Å². The molecule has 1 rings (SSSR count). The van der Waals surface area contributed by atoms with Gasteiger partial charge in [0.25, 0.3) is 0 Å². The van der Waals surface area contributed by atoms with E-state index in [1.54, 1.807) is 11.3 Å². The zero-order valence-electron chi connectivity index (χ0n) is 9.40. The summed E-state index contributed by atoms with van der Waals surface area (Å²) in [5, 5.41) is 11.9. The van der Waals surface area contributed by atoms with Crippen molar-refractivity contribution in [2.45, 2.75) is 26.3 Å². The maximum absolute atomic E-state index is 10.5. The fourth-order valence-corrected chi connectivity index (χ4v) is 2.30. The first-order valence-electron chi connectivity index (χ1n) is 5.33. The van der Waals surface area contributed by atoms with Gasteiger partial charge in [0, 0.05) is 16.3 Å². The second-order valence-electron chi connectivity index (χ2n) is 3.47. The highest BCUT2D eigenvalue weighted by atomic mass is 32.1. The Bertz CT molecular complexity index is 358. The summed E-state index contributed by atoms with van der Waals surface area (Å²) in [6, 6.07) is 3.88. The largest absolute Gasteiger partial charge is 0.481 e. The van der Waals surface area contributed by atoms with Crippen molar-refractivity contribution in [1.82, 2.24) is 5.32 Å². The summed E-state index contributed by atoms with van der Waals surface area (Å²) in [5.41, 5.74) is 0. The van der Waals surface area contributed by atoms with Gasteiger partial charge in [0.2, 0.25) is 0 Å². The summed E-state index contributed by atoms with van der Waals surface area (Å²) in [7, 11) is 0. The molecule has 16 heavy (non-hydrogen) atoms. The quantitative estimate of drug-likeness (QED) is 0.567. The number of hydrogen-bond donors (Lipinski definition) is 2. The lowest BCUT2D eigenvalue weighted by Gasteiger charge is -1.99. The molecular weight excluding hydrogens is 222 g/mol. The molecule has 0 saturated carbocycles. The number of hydrogen-bond acceptors (Lipinski definition) is 3. The van der Waals surface area contributed by atoms with Gasteiger partial charge in [0.05, 0.1) is 6.42 Å². The Hall–Kier alpha value is -1.13. The van der Waals surface area contributed by atoms with Crippen LogP contribution in [0.1, 0.15) is 23.1 Å². The third kappa shape index (κ3) is 5.09. The summed E-state index contributed by atoms with van der Waals surface area (Å²) in [4.78, 5) is 12.6. The lowest BCUT2D eigenvalue weighted by Crippen LogP contribution is -2.12. The summed E-state index contributed by atoms with van der Waals surface area (Å²) >= 11 is 1.56. The zero-order chi connectivity index (χ0) is 11.8. The van der Waals surface area contributed by atoms with E-state index in [0.29, 0.717) is 0 Å². The molecule has 0 amide bonds. The van der Waals surface area contributed by atoms with E-state index in [2.05, 4.69) is 11.4 Å². The maximum Gasteiger partial charge on any atom is 0.308 e. The molecule has 3 nitrogen and oxygen atoms in total. The minimum Gasteiger partial charge on any atom is -0.481 e. The standard InChI is InChI=1S/C12H17NO2S/c1-2-3-4-7-13-9-11-6-5-10(16-11)8-12(14)15/h2-3,5-6,13H,4,7-9H2,1H3,(H,14,15)/b3-2+. The van der Waals surface area contributed by atoms with Crippen LogP contribution < -0.4 is 5.32 Å². The van der Waals surface area contributed by atoms with Gasteiger partial charge in [-0.3, -0.25) is 4.79 Å². The molecule has 0 aliphatic carbocycles. The van der Waals surface area contributed by atoms with Crippen LogP contribution in [0.25, 0.3) is 0 Å². The molecule has 0 aliphatic heterocycles. The van der Waals surface area contributed by atoms with Crippen molar-refractivity contribution in [3.8, 4) is 0 Å². The van der Waals surface area contributed by atoms with E-state index in [9.17, 15) is 4.79 Å². The van der Waals surface area contributed by atoms with Gasteiger partial charge < -0.3 is 10.4 Å². The van der Waals surface area contributed by atoms with Gasteiger partial charge in [-0.15, -0.1) is 11.3 Å². The molecule has 4 heteroatoms. The summed E-state index contributed by atoms with van der Waals surface area (Å²) in [6.45, 7) is 3.79. The Morgan fingerprint density at radius 2 is 2.25 bits per heavy atom. The molecule has 0 saturated heterocycles. The summed E-state index contributed by atoms with van der Waals surface area (Å²) < 4.78 is 0. The molecule has 0 atom stereocenters. The van der Waals surface area contributed by atoms with Crippen molar-refractivity contribution in [3.05, 3.63) is 34.0 Å². The SMILES string of the molecule is C/C=C/CCNCc1ccc(CC(=O)O)s1. The monoisotopic (exact) mass is 239 g/mol. The summed E-state index contributed by atoms with van der Waals surface area (Å²) in [6.07, 6.45) is 5.32.